The molecule has 1 atom stereocenters. The highest BCUT2D eigenvalue weighted by atomic mass is 32.1. The lowest BCUT2D eigenvalue weighted by atomic mass is 10.1. The fraction of sp³-hybridized carbons (Fsp3) is 0.500. The Hall–Kier alpha value is -1.34. The Kier molecular flexibility index (Phi) is 5.94. The molecule has 1 aromatic heterocycles. The van der Waals surface area contributed by atoms with Crippen molar-refractivity contribution in [3.05, 3.63) is 51.7 Å². The predicted octanol–water partition coefficient (Wildman–Crippen LogP) is 2.66. The summed E-state index contributed by atoms with van der Waals surface area (Å²) in [5.41, 5.74) is 0.729. The van der Waals surface area contributed by atoms with E-state index < -0.39 is 0 Å². The number of hydrogen-bond acceptors (Lipinski definition) is 5. The minimum absolute atomic E-state index is 0.150. The maximum atomic E-state index is 13.9. The van der Waals surface area contributed by atoms with Crippen LogP contribution in [0, 0.1) is 12.7 Å². The van der Waals surface area contributed by atoms with E-state index in [9.17, 15) is 9.50 Å². The van der Waals surface area contributed by atoms with Crippen molar-refractivity contribution in [2.75, 3.05) is 26.2 Å². The van der Waals surface area contributed by atoms with Crippen molar-refractivity contribution in [1.29, 1.82) is 0 Å². The summed E-state index contributed by atoms with van der Waals surface area (Å²) in [5.74, 6) is -0.150. The minimum Gasteiger partial charge on any atom is -0.396 e. The number of aliphatic hydroxyl groups is 1. The van der Waals surface area contributed by atoms with Gasteiger partial charge in [0.25, 0.3) is 0 Å². The summed E-state index contributed by atoms with van der Waals surface area (Å²) < 4.78 is 13.9. The third kappa shape index (κ3) is 4.39. The second-order valence-electron chi connectivity index (χ2n) is 6.31. The SMILES string of the molecule is Cc1ncc(CN2CCN(Cc3ccccc3F)[C@@H](CCO)C2)s1. The first-order valence-corrected chi connectivity index (χ1v) is 9.19. The van der Waals surface area contributed by atoms with Gasteiger partial charge < -0.3 is 5.11 Å². The number of piperazine rings is 1. The number of hydrogen-bond donors (Lipinski definition) is 1. The summed E-state index contributed by atoms with van der Waals surface area (Å²) in [4.78, 5) is 10.3. The van der Waals surface area contributed by atoms with E-state index in [1.54, 1.807) is 17.4 Å². The molecular weight excluding hydrogens is 325 g/mol. The van der Waals surface area contributed by atoms with E-state index >= 15 is 0 Å². The van der Waals surface area contributed by atoms with Crippen molar-refractivity contribution in [2.45, 2.75) is 32.5 Å². The molecule has 0 saturated carbocycles. The monoisotopic (exact) mass is 349 g/mol. The fourth-order valence-corrected chi connectivity index (χ4v) is 4.11. The molecule has 6 heteroatoms. The van der Waals surface area contributed by atoms with E-state index in [1.165, 1.54) is 10.9 Å². The van der Waals surface area contributed by atoms with Crippen LogP contribution < -0.4 is 0 Å². The average molecular weight is 349 g/mol. The van der Waals surface area contributed by atoms with E-state index in [0.29, 0.717) is 13.0 Å². The molecule has 2 aromatic rings. The first kappa shape index (κ1) is 17.5. The molecule has 4 nitrogen and oxygen atoms in total. The first-order chi connectivity index (χ1) is 11.7. The summed E-state index contributed by atoms with van der Waals surface area (Å²) in [6, 6.07) is 7.20. The Balaban J connectivity index is 1.63. The molecule has 0 spiro atoms. The Morgan fingerprint density at radius 2 is 2.12 bits per heavy atom. The predicted molar refractivity (Wildman–Crippen MR) is 94.4 cm³/mol. The number of benzene rings is 1. The van der Waals surface area contributed by atoms with Crippen LogP contribution in [0.3, 0.4) is 0 Å². The van der Waals surface area contributed by atoms with Crippen LogP contribution in [0.1, 0.15) is 21.9 Å². The van der Waals surface area contributed by atoms with Crippen LogP contribution in [0.5, 0.6) is 0 Å². The van der Waals surface area contributed by atoms with Crippen molar-refractivity contribution < 1.29 is 9.50 Å². The number of nitrogens with zero attached hydrogens (tertiary/aromatic N) is 3. The highest BCUT2D eigenvalue weighted by molar-refractivity contribution is 7.11. The molecule has 24 heavy (non-hydrogen) atoms. The van der Waals surface area contributed by atoms with Crippen molar-refractivity contribution in [3.63, 3.8) is 0 Å². The largest absolute Gasteiger partial charge is 0.396 e. The number of halogens is 1. The van der Waals surface area contributed by atoms with Crippen LogP contribution in [0.4, 0.5) is 4.39 Å². The summed E-state index contributed by atoms with van der Waals surface area (Å²) in [6.45, 7) is 6.42. The lowest BCUT2D eigenvalue weighted by Gasteiger charge is -2.41. The maximum absolute atomic E-state index is 13.9. The molecule has 1 aromatic carbocycles. The molecule has 3 rings (SSSR count). The van der Waals surface area contributed by atoms with Crippen molar-refractivity contribution in [3.8, 4) is 0 Å². The van der Waals surface area contributed by atoms with Crippen LogP contribution in [0.2, 0.25) is 0 Å². The van der Waals surface area contributed by atoms with Crippen LogP contribution in [0.15, 0.2) is 30.5 Å². The Morgan fingerprint density at radius 1 is 1.29 bits per heavy atom. The fourth-order valence-electron chi connectivity index (χ4n) is 3.28. The van der Waals surface area contributed by atoms with Crippen molar-refractivity contribution in [2.24, 2.45) is 0 Å². The van der Waals surface area contributed by atoms with Crippen LogP contribution in [0.25, 0.3) is 0 Å². The van der Waals surface area contributed by atoms with E-state index in [4.69, 9.17) is 0 Å². The van der Waals surface area contributed by atoms with Gasteiger partial charge in [-0.3, -0.25) is 9.80 Å². The van der Waals surface area contributed by atoms with Gasteiger partial charge in [0.2, 0.25) is 0 Å². The molecule has 1 aliphatic heterocycles. The first-order valence-electron chi connectivity index (χ1n) is 8.37. The Labute approximate surface area is 146 Å². The number of thiazole rings is 1. The van der Waals surface area contributed by atoms with Crippen molar-refractivity contribution in [1.82, 2.24) is 14.8 Å². The lowest BCUT2D eigenvalue weighted by molar-refractivity contribution is 0.0497. The second-order valence-corrected chi connectivity index (χ2v) is 7.63. The molecule has 0 amide bonds. The van der Waals surface area contributed by atoms with Crippen LogP contribution in [-0.2, 0) is 13.1 Å². The zero-order valence-electron chi connectivity index (χ0n) is 14.0. The summed E-state index contributed by atoms with van der Waals surface area (Å²) in [5, 5.41) is 10.5. The highest BCUT2D eigenvalue weighted by Gasteiger charge is 2.27. The third-order valence-electron chi connectivity index (χ3n) is 4.53. The maximum Gasteiger partial charge on any atom is 0.127 e. The van der Waals surface area contributed by atoms with Gasteiger partial charge in [0.05, 0.1) is 5.01 Å². The van der Waals surface area contributed by atoms with Gasteiger partial charge in [0.1, 0.15) is 5.82 Å². The highest BCUT2D eigenvalue weighted by Crippen LogP contribution is 2.21. The molecule has 0 aliphatic carbocycles. The molecule has 2 heterocycles. The zero-order chi connectivity index (χ0) is 16.9. The zero-order valence-corrected chi connectivity index (χ0v) is 14.8. The quantitative estimate of drug-likeness (QED) is 0.870. The lowest BCUT2D eigenvalue weighted by Crippen LogP contribution is -2.52. The van der Waals surface area contributed by atoms with E-state index in [1.807, 2.05) is 25.3 Å². The molecular formula is C18H24FN3OS. The number of aromatic nitrogens is 1. The normalized spacial score (nSPS) is 19.7. The number of aliphatic hydroxyl groups excluding tert-OH is 1. The van der Waals surface area contributed by atoms with E-state index in [0.717, 1.165) is 36.8 Å². The summed E-state index contributed by atoms with van der Waals surface area (Å²) in [7, 11) is 0. The van der Waals surface area contributed by atoms with Crippen LogP contribution in [-0.4, -0.2) is 52.2 Å². The van der Waals surface area contributed by atoms with Gasteiger partial charge in [-0.25, -0.2) is 9.37 Å². The molecule has 1 saturated heterocycles. The summed E-state index contributed by atoms with van der Waals surface area (Å²) in [6.07, 6.45) is 2.67. The van der Waals surface area contributed by atoms with Crippen LogP contribution >= 0.6 is 11.3 Å². The standard InChI is InChI=1S/C18H24FN3OS/c1-14-20-10-17(24-14)13-21-7-8-22(16(12-21)6-9-23)11-15-4-2-3-5-18(15)19/h2-5,10,16,23H,6-9,11-13H2,1H3/t16-/m0/s1. The molecule has 0 unspecified atom stereocenters. The van der Waals surface area contributed by atoms with Gasteiger partial charge >= 0.3 is 0 Å². The number of aryl methyl sites for hydroxylation is 1. The molecule has 1 N–H and O–H groups in total. The van der Waals surface area contributed by atoms with Crippen molar-refractivity contribution >= 4 is 11.3 Å². The molecule has 0 radical (unpaired) electrons. The van der Waals surface area contributed by atoms with Gasteiger partial charge in [0, 0.05) is 62.0 Å². The third-order valence-corrected chi connectivity index (χ3v) is 5.43. The molecule has 0 bridgehead atoms. The minimum atomic E-state index is -0.150. The second kappa shape index (κ2) is 8.16. The Morgan fingerprint density at radius 3 is 2.83 bits per heavy atom. The van der Waals surface area contributed by atoms with E-state index in [2.05, 4.69) is 14.8 Å². The average Bonchev–Trinajstić information content (AvgIpc) is 2.97. The Bertz CT molecular complexity index is 663. The van der Waals surface area contributed by atoms with Gasteiger partial charge in [0.15, 0.2) is 0 Å². The topological polar surface area (TPSA) is 39.6 Å². The molecule has 130 valence electrons. The van der Waals surface area contributed by atoms with Gasteiger partial charge in [-0.15, -0.1) is 11.3 Å². The van der Waals surface area contributed by atoms with Gasteiger partial charge in [-0.05, 0) is 19.4 Å². The molecule has 1 fully saturated rings. The smallest absolute Gasteiger partial charge is 0.127 e. The van der Waals surface area contributed by atoms with E-state index in [-0.39, 0.29) is 18.5 Å². The van der Waals surface area contributed by atoms with Gasteiger partial charge in [-0.1, -0.05) is 18.2 Å². The summed E-state index contributed by atoms with van der Waals surface area (Å²) >= 11 is 1.74. The van der Waals surface area contributed by atoms with Gasteiger partial charge in [-0.2, -0.15) is 0 Å². The number of rotatable bonds is 6. The molecule has 1 aliphatic rings.